The van der Waals surface area contributed by atoms with Gasteiger partial charge in [0.25, 0.3) is 46.4 Å². The summed E-state index contributed by atoms with van der Waals surface area (Å²) in [6.07, 6.45) is 0. The second-order valence-corrected chi connectivity index (χ2v) is 21.3. The molecule has 8 aromatic rings. The Morgan fingerprint density at radius 3 is 1.68 bits per heavy atom. The Balaban J connectivity index is 1.11. The third-order valence-electron chi connectivity index (χ3n) is 10.8. The number of nitrogens with zero attached hydrogens (tertiary/aromatic N) is 6. The number of hydrogen-bond acceptors (Lipinski definition) is 17. The van der Waals surface area contributed by atoms with Crippen molar-refractivity contribution in [3.8, 4) is 5.75 Å². The van der Waals surface area contributed by atoms with Crippen LogP contribution in [-0.4, -0.2) is 62.9 Å². The zero-order chi connectivity index (χ0) is 51.4. The monoisotopic (exact) mass is 1040 g/mol. The van der Waals surface area contributed by atoms with Gasteiger partial charge in [0.05, 0.1) is 38.2 Å². The van der Waals surface area contributed by atoms with E-state index in [-0.39, 0.29) is 60.6 Å². The second-order valence-electron chi connectivity index (χ2n) is 15.6. The number of phenolic OH excluding ortho intramolecular Hbond substituents is 1. The lowest BCUT2D eigenvalue weighted by Gasteiger charge is -2.11. The summed E-state index contributed by atoms with van der Waals surface area (Å²) >= 11 is 0. The van der Waals surface area contributed by atoms with E-state index in [1.54, 1.807) is 26.0 Å². The highest BCUT2D eigenvalue weighted by Crippen LogP contribution is 2.44. The van der Waals surface area contributed by atoms with Gasteiger partial charge in [-0.25, -0.2) is 0 Å². The molecule has 0 aliphatic carbocycles. The number of carbonyl (C=O) groups excluding carboxylic acids is 1. The maximum atomic E-state index is 12.8. The lowest BCUT2D eigenvalue weighted by Crippen LogP contribution is -2.11. The van der Waals surface area contributed by atoms with Crippen LogP contribution in [0, 0.1) is 13.8 Å². The van der Waals surface area contributed by atoms with Crippen LogP contribution in [0.4, 0.5) is 45.5 Å². The Kier molecular flexibility index (Phi) is 12.8. The molecule has 0 saturated heterocycles. The van der Waals surface area contributed by atoms with Gasteiger partial charge in [0.2, 0.25) is 0 Å². The van der Waals surface area contributed by atoms with Crippen LogP contribution in [0.1, 0.15) is 21.5 Å². The number of hydrogen-bond donors (Lipinski definition) is 7. The minimum absolute atomic E-state index is 0.0235. The average molecular weight is 1040 g/mol. The molecule has 0 spiro atoms. The quantitative estimate of drug-likeness (QED) is 0.0340. The van der Waals surface area contributed by atoms with Gasteiger partial charge in [-0.15, -0.1) is 15.3 Å². The smallest absolute Gasteiger partial charge is 0.296 e. The van der Waals surface area contributed by atoms with E-state index < -0.39 is 77.4 Å². The van der Waals surface area contributed by atoms with Crippen LogP contribution in [0.3, 0.4) is 0 Å². The number of aromatic hydroxyl groups is 1. The Labute approximate surface area is 402 Å². The van der Waals surface area contributed by atoms with Crippen molar-refractivity contribution in [3.05, 3.63) is 138 Å². The molecule has 0 aliphatic heterocycles. The van der Waals surface area contributed by atoms with E-state index in [1.807, 2.05) is 0 Å². The van der Waals surface area contributed by atoms with E-state index in [0.29, 0.717) is 34.3 Å². The Morgan fingerprint density at radius 1 is 0.479 bits per heavy atom. The topological polar surface area (TPSA) is 367 Å². The van der Waals surface area contributed by atoms with E-state index in [0.717, 1.165) is 24.3 Å². The van der Waals surface area contributed by atoms with E-state index in [9.17, 15) is 61.8 Å². The van der Waals surface area contributed by atoms with E-state index in [1.165, 1.54) is 78.9 Å². The molecule has 0 heterocycles. The molecular formula is C45H34N8O14S4. The van der Waals surface area contributed by atoms with Crippen molar-refractivity contribution in [2.24, 2.45) is 30.7 Å². The van der Waals surface area contributed by atoms with Crippen LogP contribution in [-0.2, 0) is 40.5 Å². The molecule has 0 fully saturated rings. The molecule has 1 amide bonds. The molecule has 0 saturated carbocycles. The number of phenols is 1. The Bertz CT molecular complexity index is 4150. The van der Waals surface area contributed by atoms with Gasteiger partial charge in [0.1, 0.15) is 15.5 Å². The number of carbonyl (C=O) groups is 1. The number of nitrogens with two attached hydrogens (primary N) is 1. The second kappa shape index (κ2) is 18.4. The minimum atomic E-state index is -5.10. The zero-order valence-corrected chi connectivity index (χ0v) is 39.6. The number of benzene rings is 8. The summed E-state index contributed by atoms with van der Waals surface area (Å²) in [6, 6.07) is 26.4. The molecule has 362 valence electrons. The number of nitrogens with one attached hydrogen (secondary N) is 1. The number of azo groups is 3. The van der Waals surface area contributed by atoms with Crippen molar-refractivity contribution in [2.75, 3.05) is 11.1 Å². The fourth-order valence-corrected chi connectivity index (χ4v) is 9.74. The van der Waals surface area contributed by atoms with Gasteiger partial charge in [-0.3, -0.25) is 23.0 Å². The number of rotatable bonds is 12. The number of amides is 1. The van der Waals surface area contributed by atoms with Gasteiger partial charge in [-0.2, -0.15) is 49.0 Å². The van der Waals surface area contributed by atoms with Crippen LogP contribution in [0.15, 0.2) is 172 Å². The van der Waals surface area contributed by atoms with Gasteiger partial charge < -0.3 is 16.2 Å². The number of aryl methyl sites for hydroxylation is 2. The SMILES string of the molecule is Cc1cc(N=Nc2ccc(N=Nc3c(S(=O)(=O)O)cc4cc(NC(=O)c5ccc(N)cc5)ccc4c3O)c3cc(S(=O)(=O)O)ccc23)c(C)cc1N=Nc1ccc2cc(S(=O)(=O)O)cc(S(=O)(=O)O)c2c1. The summed E-state index contributed by atoms with van der Waals surface area (Å²) in [5, 5.41) is 39.7. The lowest BCUT2D eigenvalue weighted by atomic mass is 10.1. The molecule has 22 nitrogen and oxygen atoms in total. The van der Waals surface area contributed by atoms with Crippen molar-refractivity contribution in [1.29, 1.82) is 0 Å². The van der Waals surface area contributed by atoms with Crippen LogP contribution < -0.4 is 11.1 Å². The first-order chi connectivity index (χ1) is 33.2. The van der Waals surface area contributed by atoms with Gasteiger partial charge in [-0.1, -0.05) is 12.1 Å². The van der Waals surface area contributed by atoms with Crippen molar-refractivity contribution in [3.63, 3.8) is 0 Å². The Hall–Kier alpha value is -7.95. The molecule has 71 heavy (non-hydrogen) atoms. The van der Waals surface area contributed by atoms with Crippen LogP contribution in [0.25, 0.3) is 32.3 Å². The van der Waals surface area contributed by atoms with Crippen molar-refractivity contribution in [1.82, 2.24) is 0 Å². The van der Waals surface area contributed by atoms with Crippen molar-refractivity contribution >= 4 is 124 Å². The van der Waals surface area contributed by atoms with Crippen molar-refractivity contribution in [2.45, 2.75) is 33.4 Å². The molecule has 0 radical (unpaired) electrons. The summed E-state index contributed by atoms with van der Waals surface area (Å²) in [5.41, 5.74) is 7.94. The first kappa shape index (κ1) is 49.5. The van der Waals surface area contributed by atoms with Gasteiger partial charge >= 0.3 is 0 Å². The van der Waals surface area contributed by atoms with Crippen molar-refractivity contribution < 1.29 is 61.8 Å². The summed E-state index contributed by atoms with van der Waals surface area (Å²) in [6.45, 7) is 3.38. The molecule has 0 unspecified atom stereocenters. The molecule has 8 N–H and O–H groups in total. The standard InChI is InChI=1S/C45H34N8O14S4/c1-23-16-40(24(2)15-39(23)51-48-30-8-5-26-18-32(69(59,60)61)22-41(35(26)20-30)70(62,63)64)52-49-37-13-14-38(36-21-31(68(56,57)58)10-12-34(36)37)50-53-43-42(71(65,66)67)19-27-17-29(9-11-33(27)44(43)54)47-45(55)25-3-6-28(46)7-4-25/h3-22,54H,46H2,1-2H3,(H,47,55)(H,56,57,58)(H,59,60,61)(H,62,63,64)(H,65,66,67). The molecule has 0 bridgehead atoms. The van der Waals surface area contributed by atoms with E-state index >= 15 is 0 Å². The highest BCUT2D eigenvalue weighted by Gasteiger charge is 2.24. The van der Waals surface area contributed by atoms with E-state index in [2.05, 4.69) is 36.0 Å². The van der Waals surface area contributed by atoms with Gasteiger partial charge in [-0.05, 0) is 145 Å². The fraction of sp³-hybridized carbons (Fsp3) is 0.0444. The molecule has 0 aromatic heterocycles. The van der Waals surface area contributed by atoms with Gasteiger partial charge in [0, 0.05) is 38.5 Å². The summed E-state index contributed by atoms with van der Waals surface area (Å²) < 4.78 is 137. The van der Waals surface area contributed by atoms with Crippen LogP contribution in [0.5, 0.6) is 5.75 Å². The summed E-state index contributed by atoms with van der Waals surface area (Å²) in [5.74, 6) is -1.23. The number of nitrogen functional groups attached to an aromatic ring is 1. The molecule has 0 aliphatic rings. The first-order valence-electron chi connectivity index (χ1n) is 20.1. The average Bonchev–Trinajstić information content (AvgIpc) is 3.29. The fourth-order valence-electron chi connectivity index (χ4n) is 7.23. The predicted molar refractivity (Wildman–Crippen MR) is 260 cm³/mol. The molecule has 8 aromatic carbocycles. The minimum Gasteiger partial charge on any atom is -0.505 e. The predicted octanol–water partition coefficient (Wildman–Crippen LogP) is 10.5. The molecule has 0 atom stereocenters. The zero-order valence-electron chi connectivity index (χ0n) is 36.4. The van der Waals surface area contributed by atoms with Crippen LogP contribution >= 0.6 is 0 Å². The van der Waals surface area contributed by atoms with Crippen LogP contribution in [0.2, 0.25) is 0 Å². The maximum absolute atomic E-state index is 12.8. The highest BCUT2D eigenvalue weighted by molar-refractivity contribution is 7.87. The third kappa shape index (κ3) is 10.6. The lowest BCUT2D eigenvalue weighted by molar-refractivity contribution is 0.102. The van der Waals surface area contributed by atoms with Gasteiger partial charge in [0.15, 0.2) is 5.75 Å². The van der Waals surface area contributed by atoms with E-state index in [4.69, 9.17) is 5.73 Å². The normalized spacial score (nSPS) is 12.8. The largest absolute Gasteiger partial charge is 0.505 e. The number of anilines is 2. The summed E-state index contributed by atoms with van der Waals surface area (Å²) in [7, 11) is -19.7. The molecule has 8 rings (SSSR count). The molecular weight excluding hydrogens is 1000 g/mol. The first-order valence-corrected chi connectivity index (χ1v) is 25.9. The highest BCUT2D eigenvalue weighted by atomic mass is 32.2. The maximum Gasteiger partial charge on any atom is 0.296 e. The summed E-state index contributed by atoms with van der Waals surface area (Å²) in [4.78, 5) is 9.90. The number of fused-ring (bicyclic) bond motifs is 3. The molecule has 26 heteroatoms. The third-order valence-corrected chi connectivity index (χ3v) is 14.2. The Morgan fingerprint density at radius 2 is 1.06 bits per heavy atom.